The highest BCUT2D eigenvalue weighted by atomic mass is 15.0. The van der Waals surface area contributed by atoms with Crippen molar-refractivity contribution in [2.45, 2.75) is 25.4 Å². The molecule has 1 saturated heterocycles. The molecule has 0 radical (unpaired) electrons. The first-order chi connectivity index (χ1) is 6.95. The molecule has 0 bridgehead atoms. The lowest BCUT2D eigenvalue weighted by Gasteiger charge is -2.10. The first-order valence-electron chi connectivity index (χ1n) is 5.14. The van der Waals surface area contributed by atoms with Gasteiger partial charge in [0.15, 0.2) is 0 Å². The van der Waals surface area contributed by atoms with Gasteiger partial charge in [0, 0.05) is 37.7 Å². The van der Waals surface area contributed by atoms with E-state index in [-0.39, 0.29) is 0 Å². The lowest BCUT2D eigenvalue weighted by atomic mass is 10.2. The van der Waals surface area contributed by atoms with Crippen LogP contribution in [-0.2, 0) is 6.54 Å². The zero-order valence-corrected chi connectivity index (χ0v) is 8.24. The Hall–Kier alpha value is -1.00. The molecule has 1 aromatic rings. The minimum absolute atomic E-state index is 0.645. The standard InChI is InChI=1S/C10H16N4/c1-2-9(13-3-1)6-12-8-10-7-11-4-5-14-10/h4-5,7,9,12-13H,1-3,6,8H2/t9-/m1/s1. The van der Waals surface area contributed by atoms with Crippen molar-refractivity contribution in [3.05, 3.63) is 24.3 Å². The first-order valence-corrected chi connectivity index (χ1v) is 5.14. The highest BCUT2D eigenvalue weighted by molar-refractivity contribution is 4.94. The van der Waals surface area contributed by atoms with Gasteiger partial charge in [-0.05, 0) is 19.4 Å². The Morgan fingerprint density at radius 2 is 2.50 bits per heavy atom. The van der Waals surface area contributed by atoms with E-state index in [1.807, 2.05) is 0 Å². The van der Waals surface area contributed by atoms with Crippen molar-refractivity contribution >= 4 is 0 Å². The van der Waals surface area contributed by atoms with Gasteiger partial charge in [-0.3, -0.25) is 9.97 Å². The van der Waals surface area contributed by atoms with Crippen LogP contribution >= 0.6 is 0 Å². The Kier molecular flexibility index (Phi) is 3.43. The monoisotopic (exact) mass is 192 g/mol. The van der Waals surface area contributed by atoms with Gasteiger partial charge in [-0.15, -0.1) is 0 Å². The summed E-state index contributed by atoms with van der Waals surface area (Å²) in [6, 6.07) is 0.645. The maximum atomic E-state index is 4.20. The third-order valence-electron chi connectivity index (χ3n) is 2.48. The van der Waals surface area contributed by atoms with Crippen LogP contribution in [0.2, 0.25) is 0 Å². The molecule has 0 spiro atoms. The molecular weight excluding hydrogens is 176 g/mol. The van der Waals surface area contributed by atoms with Crippen LogP contribution < -0.4 is 10.6 Å². The van der Waals surface area contributed by atoms with E-state index in [0.29, 0.717) is 6.04 Å². The zero-order valence-electron chi connectivity index (χ0n) is 8.24. The second-order valence-corrected chi connectivity index (χ2v) is 3.62. The molecule has 1 fully saturated rings. The van der Waals surface area contributed by atoms with Crippen molar-refractivity contribution in [3.63, 3.8) is 0 Å². The predicted molar refractivity (Wildman–Crippen MR) is 54.8 cm³/mol. The molecule has 1 aromatic heterocycles. The second-order valence-electron chi connectivity index (χ2n) is 3.62. The van der Waals surface area contributed by atoms with E-state index in [2.05, 4.69) is 20.6 Å². The van der Waals surface area contributed by atoms with E-state index in [4.69, 9.17) is 0 Å². The molecule has 0 aliphatic carbocycles. The van der Waals surface area contributed by atoms with Gasteiger partial charge in [0.2, 0.25) is 0 Å². The molecule has 1 aliphatic rings. The average Bonchev–Trinajstić information content (AvgIpc) is 2.72. The molecule has 76 valence electrons. The molecule has 4 heteroatoms. The average molecular weight is 192 g/mol. The Balaban J connectivity index is 1.67. The second kappa shape index (κ2) is 5.02. The van der Waals surface area contributed by atoms with Crippen LogP contribution in [0.1, 0.15) is 18.5 Å². The van der Waals surface area contributed by atoms with Crippen LogP contribution in [0.3, 0.4) is 0 Å². The normalized spacial score (nSPS) is 21.3. The fourth-order valence-electron chi connectivity index (χ4n) is 1.73. The van der Waals surface area contributed by atoms with Gasteiger partial charge in [-0.1, -0.05) is 0 Å². The number of aromatic nitrogens is 2. The molecule has 0 aromatic carbocycles. The van der Waals surface area contributed by atoms with Crippen molar-refractivity contribution < 1.29 is 0 Å². The van der Waals surface area contributed by atoms with Crippen molar-refractivity contribution in [2.75, 3.05) is 13.1 Å². The predicted octanol–water partition coefficient (Wildman–Crippen LogP) is 0.318. The summed E-state index contributed by atoms with van der Waals surface area (Å²) < 4.78 is 0. The highest BCUT2D eigenvalue weighted by Gasteiger charge is 2.12. The molecular formula is C10H16N4. The highest BCUT2D eigenvalue weighted by Crippen LogP contribution is 2.03. The van der Waals surface area contributed by atoms with Gasteiger partial charge < -0.3 is 10.6 Å². The van der Waals surface area contributed by atoms with Gasteiger partial charge in [-0.2, -0.15) is 0 Å². The van der Waals surface area contributed by atoms with E-state index < -0.39 is 0 Å². The fraction of sp³-hybridized carbons (Fsp3) is 0.600. The van der Waals surface area contributed by atoms with Crippen molar-refractivity contribution in [2.24, 2.45) is 0 Å². The molecule has 0 unspecified atom stereocenters. The van der Waals surface area contributed by atoms with Gasteiger partial charge in [0.1, 0.15) is 0 Å². The maximum absolute atomic E-state index is 4.20. The van der Waals surface area contributed by atoms with Crippen LogP contribution in [0.4, 0.5) is 0 Å². The fourth-order valence-corrected chi connectivity index (χ4v) is 1.73. The smallest absolute Gasteiger partial charge is 0.0724 e. The Bertz CT molecular complexity index is 256. The summed E-state index contributed by atoms with van der Waals surface area (Å²) in [5.74, 6) is 0. The van der Waals surface area contributed by atoms with Crippen LogP contribution in [0.25, 0.3) is 0 Å². The molecule has 2 N–H and O–H groups in total. The molecule has 2 rings (SSSR count). The summed E-state index contributed by atoms with van der Waals surface area (Å²) in [4.78, 5) is 8.21. The minimum atomic E-state index is 0.645. The number of nitrogens with zero attached hydrogens (tertiary/aromatic N) is 2. The van der Waals surface area contributed by atoms with E-state index >= 15 is 0 Å². The summed E-state index contributed by atoms with van der Waals surface area (Å²) in [5, 5.41) is 6.82. The van der Waals surface area contributed by atoms with E-state index in [0.717, 1.165) is 25.3 Å². The quantitative estimate of drug-likeness (QED) is 0.721. The van der Waals surface area contributed by atoms with Gasteiger partial charge in [-0.25, -0.2) is 0 Å². The molecule has 1 aliphatic heterocycles. The number of rotatable bonds is 4. The summed E-state index contributed by atoms with van der Waals surface area (Å²) in [7, 11) is 0. The van der Waals surface area contributed by atoms with E-state index in [1.165, 1.54) is 12.8 Å². The Morgan fingerprint density at radius 3 is 3.21 bits per heavy atom. The van der Waals surface area contributed by atoms with Crippen molar-refractivity contribution in [1.29, 1.82) is 0 Å². The van der Waals surface area contributed by atoms with E-state index in [1.54, 1.807) is 18.6 Å². The van der Waals surface area contributed by atoms with Crippen molar-refractivity contribution in [1.82, 2.24) is 20.6 Å². The number of hydrogen-bond donors (Lipinski definition) is 2. The maximum Gasteiger partial charge on any atom is 0.0724 e. The van der Waals surface area contributed by atoms with Gasteiger partial charge in [0.05, 0.1) is 5.69 Å². The number of nitrogens with one attached hydrogen (secondary N) is 2. The largest absolute Gasteiger partial charge is 0.313 e. The number of hydrogen-bond acceptors (Lipinski definition) is 4. The summed E-state index contributed by atoms with van der Waals surface area (Å²) in [5.41, 5.74) is 1.01. The summed E-state index contributed by atoms with van der Waals surface area (Å²) in [6.45, 7) is 3.00. The lowest BCUT2D eigenvalue weighted by Crippen LogP contribution is -2.33. The minimum Gasteiger partial charge on any atom is -0.313 e. The Labute approximate surface area is 84.2 Å². The first kappa shape index (κ1) is 9.55. The molecule has 0 saturated carbocycles. The van der Waals surface area contributed by atoms with Crippen LogP contribution in [0.5, 0.6) is 0 Å². The third-order valence-corrected chi connectivity index (χ3v) is 2.48. The zero-order chi connectivity index (χ0) is 9.64. The summed E-state index contributed by atoms with van der Waals surface area (Å²) in [6.07, 6.45) is 7.81. The topological polar surface area (TPSA) is 49.8 Å². The Morgan fingerprint density at radius 1 is 1.50 bits per heavy atom. The van der Waals surface area contributed by atoms with Crippen LogP contribution in [0, 0.1) is 0 Å². The molecule has 1 atom stereocenters. The molecule has 2 heterocycles. The SMILES string of the molecule is c1cnc(CNC[C@H]2CCCN2)cn1. The van der Waals surface area contributed by atoms with Crippen LogP contribution in [0.15, 0.2) is 18.6 Å². The molecule has 4 nitrogen and oxygen atoms in total. The summed E-state index contributed by atoms with van der Waals surface area (Å²) >= 11 is 0. The van der Waals surface area contributed by atoms with Gasteiger partial charge in [0.25, 0.3) is 0 Å². The van der Waals surface area contributed by atoms with E-state index in [9.17, 15) is 0 Å². The van der Waals surface area contributed by atoms with Crippen molar-refractivity contribution in [3.8, 4) is 0 Å². The lowest BCUT2D eigenvalue weighted by molar-refractivity contribution is 0.532. The molecule has 0 amide bonds. The van der Waals surface area contributed by atoms with Gasteiger partial charge >= 0.3 is 0 Å². The van der Waals surface area contributed by atoms with Crippen LogP contribution in [-0.4, -0.2) is 29.1 Å². The third kappa shape index (κ3) is 2.75. The molecule has 14 heavy (non-hydrogen) atoms.